The second-order valence-corrected chi connectivity index (χ2v) is 10.2. The minimum absolute atomic E-state index is 0.306. The van der Waals surface area contributed by atoms with Gasteiger partial charge in [-0.05, 0) is 70.1 Å². The van der Waals surface area contributed by atoms with Crippen molar-refractivity contribution in [2.45, 2.75) is 76.2 Å². The Morgan fingerprint density at radius 3 is 2.27 bits per heavy atom. The van der Waals surface area contributed by atoms with Crippen LogP contribution in [-0.4, -0.2) is 69.7 Å². The zero-order chi connectivity index (χ0) is 21.9. The highest BCUT2D eigenvalue weighted by Gasteiger charge is 2.38. The number of carbonyl (C=O) groups excluding carboxylic acids is 1. The molecule has 168 valence electrons. The Bertz CT molecular complexity index is 703. The molecule has 0 spiro atoms. The maximum absolute atomic E-state index is 12.2. The van der Waals surface area contributed by atoms with Gasteiger partial charge in [0.1, 0.15) is 11.8 Å². The van der Waals surface area contributed by atoms with Crippen LogP contribution in [0.2, 0.25) is 5.02 Å². The molecule has 2 N–H and O–H groups in total. The molecule has 0 aliphatic carbocycles. The van der Waals surface area contributed by atoms with Gasteiger partial charge in [0.25, 0.3) is 0 Å². The summed E-state index contributed by atoms with van der Waals surface area (Å²) < 4.78 is 5.42. The number of aliphatic hydroxyl groups excluding tert-OH is 1. The standard InChI is InChI=1S/C23H35ClN2O4/c1-22(2,3)30-21(28)26-14-10-23(29,11-15-26)16-20(27)25-12-8-18(9-13-25)17-4-6-19(24)7-5-17/h4-7,18,20,27,29H,8-16H2,1-3H3. The molecule has 0 aromatic heterocycles. The molecule has 30 heavy (non-hydrogen) atoms. The van der Waals surface area contributed by atoms with E-state index in [1.54, 1.807) is 4.90 Å². The third-order valence-corrected chi connectivity index (χ3v) is 6.45. The highest BCUT2D eigenvalue weighted by Crippen LogP contribution is 2.33. The van der Waals surface area contributed by atoms with E-state index in [4.69, 9.17) is 16.3 Å². The van der Waals surface area contributed by atoms with E-state index in [1.165, 1.54) is 5.56 Å². The first-order valence-corrected chi connectivity index (χ1v) is 11.3. The Balaban J connectivity index is 1.45. The number of benzene rings is 1. The van der Waals surface area contributed by atoms with Crippen molar-refractivity contribution in [3.63, 3.8) is 0 Å². The summed E-state index contributed by atoms with van der Waals surface area (Å²) in [7, 11) is 0. The van der Waals surface area contributed by atoms with Gasteiger partial charge >= 0.3 is 6.09 Å². The van der Waals surface area contributed by atoms with Crippen LogP contribution in [0.25, 0.3) is 0 Å². The minimum atomic E-state index is -0.953. The summed E-state index contributed by atoms with van der Waals surface area (Å²) in [5.74, 6) is 0.478. The molecule has 2 saturated heterocycles. The van der Waals surface area contributed by atoms with E-state index in [2.05, 4.69) is 17.0 Å². The highest BCUT2D eigenvalue weighted by molar-refractivity contribution is 6.30. The van der Waals surface area contributed by atoms with Gasteiger partial charge in [-0.1, -0.05) is 23.7 Å². The first kappa shape index (κ1) is 23.3. The predicted molar refractivity (Wildman–Crippen MR) is 118 cm³/mol. The van der Waals surface area contributed by atoms with Crippen LogP contribution in [0.15, 0.2) is 24.3 Å². The number of rotatable bonds is 4. The lowest BCUT2D eigenvalue weighted by atomic mass is 9.86. The average molecular weight is 439 g/mol. The summed E-state index contributed by atoms with van der Waals surface area (Å²) in [6, 6.07) is 8.02. The lowest BCUT2D eigenvalue weighted by Gasteiger charge is -2.42. The van der Waals surface area contributed by atoms with E-state index in [1.807, 2.05) is 32.9 Å². The monoisotopic (exact) mass is 438 g/mol. The van der Waals surface area contributed by atoms with E-state index in [0.717, 1.165) is 31.0 Å². The quantitative estimate of drug-likeness (QED) is 0.743. The van der Waals surface area contributed by atoms with Gasteiger partial charge in [-0.2, -0.15) is 0 Å². The van der Waals surface area contributed by atoms with Crippen LogP contribution in [0, 0.1) is 0 Å². The third kappa shape index (κ3) is 6.33. The fourth-order valence-corrected chi connectivity index (χ4v) is 4.50. The molecular weight excluding hydrogens is 404 g/mol. The number of nitrogens with zero attached hydrogens (tertiary/aromatic N) is 2. The van der Waals surface area contributed by atoms with E-state index in [9.17, 15) is 15.0 Å². The van der Waals surface area contributed by atoms with Crippen LogP contribution in [0.5, 0.6) is 0 Å². The van der Waals surface area contributed by atoms with Crippen LogP contribution in [0.3, 0.4) is 0 Å². The lowest BCUT2D eigenvalue weighted by Crippen LogP contribution is -2.51. The number of carbonyl (C=O) groups is 1. The SMILES string of the molecule is CC(C)(C)OC(=O)N1CCC(O)(CC(O)N2CCC(c3ccc(Cl)cc3)CC2)CC1. The van der Waals surface area contributed by atoms with Crippen LogP contribution in [0.4, 0.5) is 4.79 Å². The number of hydrogen-bond donors (Lipinski definition) is 2. The topological polar surface area (TPSA) is 73.2 Å². The Labute approximate surface area is 184 Å². The summed E-state index contributed by atoms with van der Waals surface area (Å²) in [5, 5.41) is 22.5. The van der Waals surface area contributed by atoms with Gasteiger partial charge in [0.05, 0.1) is 5.60 Å². The van der Waals surface area contributed by atoms with Crippen molar-refractivity contribution in [1.29, 1.82) is 0 Å². The molecule has 0 radical (unpaired) electrons. The highest BCUT2D eigenvalue weighted by atomic mass is 35.5. The van der Waals surface area contributed by atoms with Crippen LogP contribution in [-0.2, 0) is 4.74 Å². The van der Waals surface area contributed by atoms with Gasteiger partial charge in [-0.25, -0.2) is 4.79 Å². The van der Waals surface area contributed by atoms with E-state index in [-0.39, 0.29) is 6.09 Å². The maximum atomic E-state index is 12.2. The number of hydrogen-bond acceptors (Lipinski definition) is 5. The first-order chi connectivity index (χ1) is 14.0. The third-order valence-electron chi connectivity index (χ3n) is 6.20. The Hall–Kier alpha value is -1.34. The Kier molecular flexibility index (Phi) is 7.33. The number of likely N-dealkylation sites (tertiary alicyclic amines) is 2. The predicted octanol–water partition coefficient (Wildman–Crippen LogP) is 3.99. The summed E-state index contributed by atoms with van der Waals surface area (Å²) in [4.78, 5) is 15.9. The maximum Gasteiger partial charge on any atom is 0.410 e. The summed E-state index contributed by atoms with van der Waals surface area (Å²) in [5.41, 5.74) is -0.189. The molecule has 2 aliphatic heterocycles. The van der Waals surface area contributed by atoms with Crippen molar-refractivity contribution >= 4 is 17.7 Å². The normalized spacial score (nSPS) is 22.0. The van der Waals surface area contributed by atoms with Crippen molar-refractivity contribution in [2.75, 3.05) is 26.2 Å². The largest absolute Gasteiger partial charge is 0.444 e. The number of ether oxygens (including phenoxy) is 1. The van der Waals surface area contributed by atoms with Gasteiger partial charge in [0.15, 0.2) is 0 Å². The molecule has 2 fully saturated rings. The molecule has 2 aliphatic rings. The molecule has 0 bridgehead atoms. The fraction of sp³-hybridized carbons (Fsp3) is 0.696. The molecule has 6 nitrogen and oxygen atoms in total. The van der Waals surface area contributed by atoms with Crippen molar-refractivity contribution in [1.82, 2.24) is 9.80 Å². The molecular formula is C23H35ClN2O4. The van der Waals surface area contributed by atoms with E-state index >= 15 is 0 Å². The molecule has 3 rings (SSSR count). The van der Waals surface area contributed by atoms with Crippen LogP contribution < -0.4 is 0 Å². The van der Waals surface area contributed by atoms with Gasteiger partial charge in [0.2, 0.25) is 0 Å². The molecule has 1 aromatic rings. The molecule has 1 amide bonds. The Morgan fingerprint density at radius 2 is 1.73 bits per heavy atom. The Morgan fingerprint density at radius 1 is 1.17 bits per heavy atom. The van der Waals surface area contributed by atoms with Crippen LogP contribution in [0.1, 0.15) is 64.4 Å². The van der Waals surface area contributed by atoms with Crippen molar-refractivity contribution in [2.24, 2.45) is 0 Å². The minimum Gasteiger partial charge on any atom is -0.444 e. The van der Waals surface area contributed by atoms with Gasteiger partial charge in [-0.15, -0.1) is 0 Å². The molecule has 1 aromatic carbocycles. The van der Waals surface area contributed by atoms with Gasteiger partial charge in [-0.3, -0.25) is 4.90 Å². The zero-order valence-corrected chi connectivity index (χ0v) is 19.1. The fourth-order valence-electron chi connectivity index (χ4n) is 4.37. The summed E-state index contributed by atoms with van der Waals surface area (Å²) in [6.45, 7) is 8.02. The lowest BCUT2D eigenvalue weighted by molar-refractivity contribution is -0.0992. The summed E-state index contributed by atoms with van der Waals surface area (Å²) in [6.07, 6.45) is 2.15. The zero-order valence-electron chi connectivity index (χ0n) is 18.3. The molecule has 1 atom stereocenters. The number of amides is 1. The van der Waals surface area contributed by atoms with Crippen molar-refractivity contribution in [3.05, 3.63) is 34.9 Å². The van der Waals surface area contributed by atoms with E-state index < -0.39 is 17.4 Å². The number of halogens is 1. The molecule has 0 saturated carbocycles. The second-order valence-electron chi connectivity index (χ2n) is 9.74. The second kappa shape index (κ2) is 9.43. The van der Waals surface area contributed by atoms with Gasteiger partial charge < -0.3 is 19.8 Å². The van der Waals surface area contributed by atoms with Crippen molar-refractivity contribution < 1.29 is 19.7 Å². The van der Waals surface area contributed by atoms with Crippen molar-refractivity contribution in [3.8, 4) is 0 Å². The van der Waals surface area contributed by atoms with Crippen LogP contribution >= 0.6 is 11.6 Å². The smallest absolute Gasteiger partial charge is 0.410 e. The number of piperidine rings is 2. The van der Waals surface area contributed by atoms with Gasteiger partial charge in [0, 0.05) is 37.6 Å². The average Bonchev–Trinajstić information content (AvgIpc) is 2.67. The number of aliphatic hydroxyl groups is 2. The van der Waals surface area contributed by atoms with E-state index in [0.29, 0.717) is 38.3 Å². The molecule has 2 heterocycles. The summed E-state index contributed by atoms with van der Waals surface area (Å²) >= 11 is 5.98. The molecule has 1 unspecified atom stereocenters. The molecule has 7 heteroatoms. The first-order valence-electron chi connectivity index (χ1n) is 10.9.